The summed E-state index contributed by atoms with van der Waals surface area (Å²) in [5.74, 6) is -0.266. The van der Waals surface area contributed by atoms with E-state index in [-0.39, 0.29) is 5.82 Å². The predicted octanol–water partition coefficient (Wildman–Crippen LogP) is 3.60. The summed E-state index contributed by atoms with van der Waals surface area (Å²) in [7, 11) is 0. The molecule has 0 saturated carbocycles. The maximum Gasteiger partial charge on any atom is 0.126 e. The Labute approximate surface area is 102 Å². The van der Waals surface area contributed by atoms with Gasteiger partial charge in [0.1, 0.15) is 5.82 Å². The summed E-state index contributed by atoms with van der Waals surface area (Å²) in [6, 6.07) is 10.4. The quantitative estimate of drug-likeness (QED) is 0.929. The Bertz CT molecular complexity index is 453. The third kappa shape index (κ3) is 3.03. The lowest BCUT2D eigenvalue weighted by Gasteiger charge is -2.06. The molecule has 16 heavy (non-hydrogen) atoms. The fourth-order valence-electron chi connectivity index (χ4n) is 1.35. The number of pyridine rings is 1. The first-order chi connectivity index (χ1) is 7.74. The molecular weight excluding hydrogens is 271 g/mol. The van der Waals surface area contributed by atoms with Gasteiger partial charge in [-0.2, -0.15) is 0 Å². The SMILES string of the molecule is Fc1cc(Br)cc(NCc2ccccn2)c1. The highest BCUT2D eigenvalue weighted by molar-refractivity contribution is 9.10. The molecule has 82 valence electrons. The maximum atomic E-state index is 13.1. The molecule has 0 atom stereocenters. The minimum atomic E-state index is -0.266. The first kappa shape index (κ1) is 11.1. The highest BCUT2D eigenvalue weighted by Gasteiger charge is 1.99. The van der Waals surface area contributed by atoms with Gasteiger partial charge < -0.3 is 5.32 Å². The summed E-state index contributed by atoms with van der Waals surface area (Å²) in [4.78, 5) is 4.17. The molecule has 0 bridgehead atoms. The minimum Gasteiger partial charge on any atom is -0.379 e. The third-order valence-corrected chi connectivity index (χ3v) is 2.52. The van der Waals surface area contributed by atoms with Crippen molar-refractivity contribution in [2.75, 3.05) is 5.32 Å². The van der Waals surface area contributed by atoms with Crippen LogP contribution in [0.15, 0.2) is 47.1 Å². The fraction of sp³-hybridized carbons (Fsp3) is 0.0833. The van der Waals surface area contributed by atoms with Gasteiger partial charge in [-0.25, -0.2) is 4.39 Å². The Hall–Kier alpha value is -1.42. The van der Waals surface area contributed by atoms with Crippen LogP contribution in [0.4, 0.5) is 10.1 Å². The van der Waals surface area contributed by atoms with Gasteiger partial charge in [0.25, 0.3) is 0 Å². The topological polar surface area (TPSA) is 24.9 Å². The van der Waals surface area contributed by atoms with Gasteiger partial charge >= 0.3 is 0 Å². The largest absolute Gasteiger partial charge is 0.379 e. The van der Waals surface area contributed by atoms with Crippen LogP contribution in [0.5, 0.6) is 0 Å². The van der Waals surface area contributed by atoms with E-state index in [1.54, 1.807) is 6.20 Å². The number of benzene rings is 1. The number of rotatable bonds is 3. The van der Waals surface area contributed by atoms with Gasteiger partial charge in [-0.15, -0.1) is 0 Å². The molecule has 0 radical (unpaired) electrons. The van der Waals surface area contributed by atoms with E-state index >= 15 is 0 Å². The van der Waals surface area contributed by atoms with Gasteiger partial charge in [0.15, 0.2) is 0 Å². The molecule has 0 unspecified atom stereocenters. The number of nitrogens with zero attached hydrogens (tertiary/aromatic N) is 1. The minimum absolute atomic E-state index is 0.266. The normalized spacial score (nSPS) is 10.1. The Balaban J connectivity index is 2.05. The van der Waals surface area contributed by atoms with Crippen LogP contribution >= 0.6 is 15.9 Å². The van der Waals surface area contributed by atoms with Crippen molar-refractivity contribution in [1.82, 2.24) is 4.98 Å². The molecule has 2 rings (SSSR count). The summed E-state index contributed by atoms with van der Waals surface area (Å²) in [5, 5.41) is 3.11. The lowest BCUT2D eigenvalue weighted by molar-refractivity contribution is 0.627. The van der Waals surface area contributed by atoms with Crippen molar-refractivity contribution in [3.8, 4) is 0 Å². The molecule has 1 aromatic heterocycles. The van der Waals surface area contributed by atoms with E-state index in [1.165, 1.54) is 12.1 Å². The zero-order valence-electron chi connectivity index (χ0n) is 8.45. The van der Waals surface area contributed by atoms with Crippen LogP contribution in [-0.2, 0) is 6.54 Å². The molecule has 4 heteroatoms. The Morgan fingerprint density at radius 2 is 2.12 bits per heavy atom. The van der Waals surface area contributed by atoms with Crippen LogP contribution in [-0.4, -0.2) is 4.98 Å². The Kier molecular flexibility index (Phi) is 3.51. The molecule has 2 aromatic rings. The molecule has 0 aliphatic heterocycles. The second-order valence-electron chi connectivity index (χ2n) is 3.33. The molecule has 0 spiro atoms. The molecule has 0 amide bonds. The van der Waals surface area contributed by atoms with E-state index in [2.05, 4.69) is 26.2 Å². The van der Waals surface area contributed by atoms with Crippen molar-refractivity contribution in [3.63, 3.8) is 0 Å². The van der Waals surface area contributed by atoms with Crippen LogP contribution in [0.3, 0.4) is 0 Å². The van der Waals surface area contributed by atoms with E-state index in [0.717, 1.165) is 15.9 Å². The molecule has 2 nitrogen and oxygen atoms in total. The number of nitrogens with one attached hydrogen (secondary N) is 1. The van der Waals surface area contributed by atoms with Crippen LogP contribution in [0.25, 0.3) is 0 Å². The maximum absolute atomic E-state index is 13.1. The van der Waals surface area contributed by atoms with E-state index < -0.39 is 0 Å². The van der Waals surface area contributed by atoms with Gasteiger partial charge in [0.2, 0.25) is 0 Å². The van der Waals surface area contributed by atoms with E-state index in [9.17, 15) is 4.39 Å². The van der Waals surface area contributed by atoms with Crippen molar-refractivity contribution in [3.05, 3.63) is 58.6 Å². The summed E-state index contributed by atoms with van der Waals surface area (Å²) in [6.07, 6.45) is 1.73. The molecule has 0 aliphatic carbocycles. The van der Waals surface area contributed by atoms with E-state index in [4.69, 9.17) is 0 Å². The Morgan fingerprint density at radius 1 is 1.25 bits per heavy atom. The molecule has 0 aliphatic rings. The zero-order chi connectivity index (χ0) is 11.4. The summed E-state index contributed by atoms with van der Waals surface area (Å²) in [6.45, 7) is 0.580. The van der Waals surface area contributed by atoms with Gasteiger partial charge in [-0.3, -0.25) is 4.98 Å². The van der Waals surface area contributed by atoms with E-state index in [0.29, 0.717) is 6.54 Å². The van der Waals surface area contributed by atoms with Crippen LogP contribution in [0, 0.1) is 5.82 Å². The first-order valence-electron chi connectivity index (χ1n) is 4.84. The second kappa shape index (κ2) is 5.07. The molecule has 1 N–H and O–H groups in total. The van der Waals surface area contributed by atoms with Gasteiger partial charge in [0, 0.05) is 16.4 Å². The predicted molar refractivity (Wildman–Crippen MR) is 65.7 cm³/mol. The van der Waals surface area contributed by atoms with Gasteiger partial charge in [-0.1, -0.05) is 22.0 Å². The molecule has 1 heterocycles. The molecular formula is C12H10BrFN2. The highest BCUT2D eigenvalue weighted by atomic mass is 79.9. The lowest BCUT2D eigenvalue weighted by atomic mass is 10.3. The number of hydrogen-bond acceptors (Lipinski definition) is 2. The Morgan fingerprint density at radius 3 is 2.81 bits per heavy atom. The standard InChI is InChI=1S/C12H10BrFN2/c13-9-5-10(14)7-12(6-9)16-8-11-3-1-2-4-15-11/h1-7,16H,8H2. The lowest BCUT2D eigenvalue weighted by Crippen LogP contribution is -2.01. The summed E-state index contributed by atoms with van der Waals surface area (Å²) < 4.78 is 13.8. The summed E-state index contributed by atoms with van der Waals surface area (Å²) >= 11 is 3.24. The molecule has 1 aromatic carbocycles. The fourth-order valence-corrected chi connectivity index (χ4v) is 1.82. The van der Waals surface area contributed by atoms with Crippen molar-refractivity contribution in [2.24, 2.45) is 0 Å². The van der Waals surface area contributed by atoms with Gasteiger partial charge in [-0.05, 0) is 30.3 Å². The van der Waals surface area contributed by atoms with Crippen molar-refractivity contribution >= 4 is 21.6 Å². The molecule has 0 fully saturated rings. The average Bonchev–Trinajstić information content (AvgIpc) is 2.27. The van der Waals surface area contributed by atoms with Crippen LogP contribution in [0.1, 0.15) is 5.69 Å². The van der Waals surface area contributed by atoms with Crippen molar-refractivity contribution in [1.29, 1.82) is 0 Å². The van der Waals surface area contributed by atoms with Crippen molar-refractivity contribution in [2.45, 2.75) is 6.54 Å². The van der Waals surface area contributed by atoms with Crippen LogP contribution < -0.4 is 5.32 Å². The zero-order valence-corrected chi connectivity index (χ0v) is 10.0. The third-order valence-electron chi connectivity index (χ3n) is 2.06. The highest BCUT2D eigenvalue weighted by Crippen LogP contribution is 2.18. The average molecular weight is 281 g/mol. The smallest absolute Gasteiger partial charge is 0.126 e. The van der Waals surface area contributed by atoms with Crippen molar-refractivity contribution < 1.29 is 4.39 Å². The number of aromatic nitrogens is 1. The summed E-state index contributed by atoms with van der Waals surface area (Å²) in [5.41, 5.74) is 1.65. The van der Waals surface area contributed by atoms with Crippen LogP contribution in [0.2, 0.25) is 0 Å². The number of halogens is 2. The van der Waals surface area contributed by atoms with E-state index in [1.807, 2.05) is 24.3 Å². The number of hydrogen-bond donors (Lipinski definition) is 1. The molecule has 0 saturated heterocycles. The monoisotopic (exact) mass is 280 g/mol. The van der Waals surface area contributed by atoms with Gasteiger partial charge in [0.05, 0.1) is 12.2 Å². The number of anilines is 1. The second-order valence-corrected chi connectivity index (χ2v) is 4.25. The first-order valence-corrected chi connectivity index (χ1v) is 5.63.